The molecule has 90 valence electrons. The molecule has 1 aromatic heterocycles. The van der Waals surface area contributed by atoms with E-state index in [1.54, 1.807) is 0 Å². The number of aryl methyl sites for hydroxylation is 1. The van der Waals surface area contributed by atoms with Crippen molar-refractivity contribution in [2.45, 2.75) is 46.0 Å². The Balaban J connectivity index is 3.12. The van der Waals surface area contributed by atoms with Gasteiger partial charge in [0.1, 0.15) is 11.5 Å². The lowest BCUT2D eigenvalue weighted by Crippen LogP contribution is -2.10. The van der Waals surface area contributed by atoms with Crippen LogP contribution >= 0.6 is 15.9 Å². The van der Waals surface area contributed by atoms with Gasteiger partial charge in [0, 0.05) is 6.42 Å². The molecule has 0 saturated carbocycles. The Hall–Kier alpha value is -0.770. The molecule has 0 aliphatic heterocycles. The van der Waals surface area contributed by atoms with Gasteiger partial charge in [-0.2, -0.15) is 0 Å². The Morgan fingerprint density at radius 2 is 1.94 bits per heavy atom. The molecular weight excluding hydrogens is 272 g/mol. The van der Waals surface area contributed by atoms with Crippen LogP contribution in [0.15, 0.2) is 13.7 Å². The summed E-state index contributed by atoms with van der Waals surface area (Å²) in [5, 5.41) is 9.91. The highest BCUT2D eigenvalue weighted by molar-refractivity contribution is 9.10. The lowest BCUT2D eigenvalue weighted by molar-refractivity contribution is 0.404. The van der Waals surface area contributed by atoms with E-state index in [4.69, 9.17) is 4.42 Å². The smallest absolute Gasteiger partial charge is 0.342 e. The normalized spacial score (nSPS) is 10.7. The first kappa shape index (κ1) is 13.3. The quantitative estimate of drug-likeness (QED) is 0.903. The van der Waals surface area contributed by atoms with Crippen molar-refractivity contribution in [3.8, 4) is 5.75 Å². The highest BCUT2D eigenvalue weighted by Gasteiger charge is 2.16. The third kappa shape index (κ3) is 2.88. The predicted molar refractivity (Wildman–Crippen MR) is 66.9 cm³/mol. The molecule has 0 aliphatic rings. The van der Waals surface area contributed by atoms with Crippen LogP contribution < -0.4 is 5.63 Å². The van der Waals surface area contributed by atoms with Gasteiger partial charge in [0.2, 0.25) is 0 Å². The van der Waals surface area contributed by atoms with Gasteiger partial charge in [0.25, 0.3) is 0 Å². The molecule has 1 rings (SSSR count). The van der Waals surface area contributed by atoms with Crippen LogP contribution in [0.25, 0.3) is 0 Å². The highest BCUT2D eigenvalue weighted by atomic mass is 79.9. The first-order valence-corrected chi connectivity index (χ1v) is 6.44. The van der Waals surface area contributed by atoms with Gasteiger partial charge in [0.05, 0.1) is 10.0 Å². The van der Waals surface area contributed by atoms with E-state index in [-0.39, 0.29) is 5.75 Å². The number of unbranched alkanes of at least 4 members (excludes halogenated alkanes) is 1. The molecule has 0 fully saturated rings. The summed E-state index contributed by atoms with van der Waals surface area (Å²) in [4.78, 5) is 11.6. The molecule has 0 aliphatic carbocycles. The SMILES string of the molecule is CCCCc1c(O)c(Br)c(CCC)oc1=O. The molecule has 0 atom stereocenters. The molecular formula is C12H17BrO3. The minimum Gasteiger partial charge on any atom is -0.506 e. The Bertz CT molecular complexity index is 409. The molecule has 1 aromatic rings. The Kier molecular flexibility index (Phi) is 5.06. The summed E-state index contributed by atoms with van der Waals surface area (Å²) < 4.78 is 5.72. The Morgan fingerprint density at radius 3 is 2.50 bits per heavy atom. The van der Waals surface area contributed by atoms with Crippen molar-refractivity contribution in [1.29, 1.82) is 0 Å². The Labute approximate surface area is 104 Å². The molecule has 0 spiro atoms. The zero-order chi connectivity index (χ0) is 12.1. The van der Waals surface area contributed by atoms with Gasteiger partial charge in [-0.3, -0.25) is 0 Å². The fourth-order valence-corrected chi connectivity index (χ4v) is 2.06. The molecule has 1 N–H and O–H groups in total. The second kappa shape index (κ2) is 6.09. The van der Waals surface area contributed by atoms with Crippen molar-refractivity contribution in [2.24, 2.45) is 0 Å². The first-order valence-electron chi connectivity index (χ1n) is 5.65. The summed E-state index contributed by atoms with van der Waals surface area (Å²) in [6.45, 7) is 4.04. The number of hydrogen-bond acceptors (Lipinski definition) is 3. The minimum atomic E-state index is -0.405. The second-order valence-electron chi connectivity index (χ2n) is 3.81. The number of hydrogen-bond donors (Lipinski definition) is 1. The van der Waals surface area contributed by atoms with E-state index >= 15 is 0 Å². The maximum atomic E-state index is 11.6. The summed E-state index contributed by atoms with van der Waals surface area (Å²) in [5.74, 6) is 0.582. The molecule has 4 heteroatoms. The van der Waals surface area contributed by atoms with E-state index in [1.165, 1.54) is 0 Å². The van der Waals surface area contributed by atoms with E-state index in [0.29, 0.717) is 28.6 Å². The fraction of sp³-hybridized carbons (Fsp3) is 0.583. The number of halogens is 1. The molecule has 0 bridgehead atoms. The Morgan fingerprint density at radius 1 is 1.25 bits per heavy atom. The van der Waals surface area contributed by atoms with Crippen LogP contribution in [0, 0.1) is 0 Å². The van der Waals surface area contributed by atoms with Crippen LogP contribution in [0.5, 0.6) is 5.75 Å². The van der Waals surface area contributed by atoms with Crippen molar-refractivity contribution in [3.63, 3.8) is 0 Å². The molecule has 3 nitrogen and oxygen atoms in total. The standard InChI is InChI=1S/C12H17BrO3/c1-3-5-7-8-11(14)10(13)9(6-4-2)16-12(8)15/h14H,3-7H2,1-2H3. The van der Waals surface area contributed by atoms with Crippen LogP contribution in [0.4, 0.5) is 0 Å². The topological polar surface area (TPSA) is 50.4 Å². The van der Waals surface area contributed by atoms with Gasteiger partial charge in [-0.15, -0.1) is 0 Å². The van der Waals surface area contributed by atoms with Crippen LogP contribution in [-0.2, 0) is 12.8 Å². The van der Waals surface area contributed by atoms with Crippen LogP contribution in [-0.4, -0.2) is 5.11 Å². The highest BCUT2D eigenvalue weighted by Crippen LogP contribution is 2.30. The summed E-state index contributed by atoms with van der Waals surface area (Å²) in [5.41, 5.74) is -0.0221. The van der Waals surface area contributed by atoms with Gasteiger partial charge in [-0.05, 0) is 35.2 Å². The second-order valence-corrected chi connectivity index (χ2v) is 4.60. The van der Waals surface area contributed by atoms with Gasteiger partial charge >= 0.3 is 5.63 Å². The largest absolute Gasteiger partial charge is 0.506 e. The van der Waals surface area contributed by atoms with E-state index in [2.05, 4.69) is 15.9 Å². The van der Waals surface area contributed by atoms with E-state index in [9.17, 15) is 9.90 Å². The van der Waals surface area contributed by atoms with Crippen molar-refractivity contribution in [3.05, 3.63) is 26.2 Å². The van der Waals surface area contributed by atoms with E-state index < -0.39 is 5.63 Å². The van der Waals surface area contributed by atoms with E-state index in [0.717, 1.165) is 19.3 Å². The van der Waals surface area contributed by atoms with Crippen molar-refractivity contribution in [1.82, 2.24) is 0 Å². The molecule has 0 saturated heterocycles. The summed E-state index contributed by atoms with van der Waals surface area (Å²) in [6.07, 6.45) is 3.94. The number of aromatic hydroxyl groups is 1. The zero-order valence-corrected chi connectivity index (χ0v) is 11.3. The molecule has 0 aromatic carbocycles. The monoisotopic (exact) mass is 288 g/mol. The molecule has 0 unspecified atom stereocenters. The zero-order valence-electron chi connectivity index (χ0n) is 9.68. The fourth-order valence-electron chi connectivity index (χ4n) is 1.54. The maximum absolute atomic E-state index is 11.6. The third-order valence-corrected chi connectivity index (χ3v) is 3.28. The summed E-state index contributed by atoms with van der Waals surface area (Å²) >= 11 is 3.28. The average Bonchev–Trinajstić information content (AvgIpc) is 2.26. The predicted octanol–water partition coefficient (Wildman–Crippen LogP) is 3.40. The molecule has 0 radical (unpaired) electrons. The molecule has 1 heterocycles. The first-order chi connectivity index (χ1) is 7.61. The van der Waals surface area contributed by atoms with E-state index in [1.807, 2.05) is 13.8 Å². The summed E-state index contributed by atoms with van der Waals surface area (Å²) in [7, 11) is 0. The average molecular weight is 289 g/mol. The van der Waals surface area contributed by atoms with Gasteiger partial charge in [0.15, 0.2) is 0 Å². The lowest BCUT2D eigenvalue weighted by Gasteiger charge is -2.07. The van der Waals surface area contributed by atoms with Crippen molar-refractivity contribution in [2.75, 3.05) is 0 Å². The van der Waals surface area contributed by atoms with Crippen molar-refractivity contribution >= 4 is 15.9 Å². The van der Waals surface area contributed by atoms with Gasteiger partial charge < -0.3 is 9.52 Å². The van der Waals surface area contributed by atoms with Crippen molar-refractivity contribution < 1.29 is 9.52 Å². The van der Waals surface area contributed by atoms with Crippen LogP contribution in [0.3, 0.4) is 0 Å². The number of rotatable bonds is 5. The van der Waals surface area contributed by atoms with Gasteiger partial charge in [-0.25, -0.2) is 4.79 Å². The minimum absolute atomic E-state index is 0.0492. The third-order valence-electron chi connectivity index (χ3n) is 2.46. The van der Waals surface area contributed by atoms with Crippen LogP contribution in [0.1, 0.15) is 44.4 Å². The van der Waals surface area contributed by atoms with Crippen LogP contribution in [0.2, 0.25) is 0 Å². The summed E-state index contributed by atoms with van der Waals surface area (Å²) in [6, 6.07) is 0. The maximum Gasteiger partial charge on any atom is 0.342 e. The van der Waals surface area contributed by atoms with Gasteiger partial charge in [-0.1, -0.05) is 20.3 Å². The molecule has 16 heavy (non-hydrogen) atoms. The molecule has 0 amide bonds. The lowest BCUT2D eigenvalue weighted by atomic mass is 10.1.